The van der Waals surface area contributed by atoms with E-state index < -0.39 is 0 Å². The maximum absolute atomic E-state index is 12.8. The van der Waals surface area contributed by atoms with Gasteiger partial charge in [0.05, 0.1) is 23.2 Å². The molecule has 3 rings (SSSR count). The average Bonchev–Trinajstić information content (AvgIpc) is 3.05. The highest BCUT2D eigenvalue weighted by Crippen LogP contribution is 2.23. The van der Waals surface area contributed by atoms with Gasteiger partial charge in [-0.05, 0) is 43.7 Å². The zero-order chi connectivity index (χ0) is 20.8. The average molecular weight is 393 g/mol. The normalized spacial score (nSPS) is 10.4. The van der Waals surface area contributed by atoms with Gasteiger partial charge in [0, 0.05) is 12.7 Å². The summed E-state index contributed by atoms with van der Waals surface area (Å²) in [5.41, 5.74) is 3.56. The number of likely N-dealkylation sites (N-methyl/N-ethyl adjacent to an activating group) is 1. The third-order valence-corrected chi connectivity index (χ3v) is 4.54. The van der Waals surface area contributed by atoms with E-state index in [2.05, 4.69) is 15.8 Å². The summed E-state index contributed by atoms with van der Waals surface area (Å²) in [4.78, 5) is 24.2. The monoisotopic (exact) mass is 393 g/mol. The van der Waals surface area contributed by atoms with Crippen LogP contribution >= 0.6 is 0 Å². The molecule has 2 N–H and O–H groups in total. The van der Waals surface area contributed by atoms with E-state index in [1.807, 2.05) is 32.0 Å². The lowest BCUT2D eigenvalue weighted by Crippen LogP contribution is -2.19. The Bertz CT molecular complexity index is 990. The fraction of sp³-hybridized carbons (Fsp3) is 0.227. The Morgan fingerprint density at radius 3 is 2.45 bits per heavy atom. The van der Waals surface area contributed by atoms with Crippen LogP contribution in [0.2, 0.25) is 0 Å². The molecule has 1 aromatic heterocycles. The molecular formula is C22H23N3O4. The first-order chi connectivity index (χ1) is 14.0. The summed E-state index contributed by atoms with van der Waals surface area (Å²) >= 11 is 0. The van der Waals surface area contributed by atoms with E-state index in [1.165, 1.54) is 0 Å². The van der Waals surface area contributed by atoms with Crippen molar-refractivity contribution in [2.75, 3.05) is 12.4 Å². The summed E-state index contributed by atoms with van der Waals surface area (Å²) in [6, 6.07) is 14.2. The Kier molecular flexibility index (Phi) is 6.29. The van der Waals surface area contributed by atoms with Gasteiger partial charge in [0.2, 0.25) is 5.91 Å². The number of anilines is 1. The fourth-order valence-corrected chi connectivity index (χ4v) is 2.82. The molecule has 0 bridgehead atoms. The zero-order valence-electron chi connectivity index (χ0n) is 16.6. The number of hydrogen-bond donors (Lipinski definition) is 2. The molecule has 0 atom stereocenters. The lowest BCUT2D eigenvalue weighted by atomic mass is 10.1. The molecule has 0 saturated heterocycles. The molecule has 0 saturated carbocycles. The van der Waals surface area contributed by atoms with Crippen molar-refractivity contribution < 1.29 is 18.8 Å². The summed E-state index contributed by atoms with van der Waals surface area (Å²) in [5.74, 6) is 0.826. The lowest BCUT2D eigenvalue weighted by Gasteiger charge is -2.12. The summed E-state index contributed by atoms with van der Waals surface area (Å²) in [5, 5.41) is 9.36. The number of ether oxygens (including phenoxy) is 1. The van der Waals surface area contributed by atoms with Crippen molar-refractivity contribution in [1.82, 2.24) is 10.5 Å². The van der Waals surface area contributed by atoms with E-state index in [1.54, 1.807) is 37.4 Å². The molecule has 0 spiro atoms. The molecule has 3 aromatic rings. The van der Waals surface area contributed by atoms with E-state index in [4.69, 9.17) is 9.26 Å². The van der Waals surface area contributed by atoms with Gasteiger partial charge in [0.15, 0.2) is 0 Å². The Morgan fingerprint density at radius 1 is 1.07 bits per heavy atom. The van der Waals surface area contributed by atoms with Gasteiger partial charge in [-0.25, -0.2) is 0 Å². The largest absolute Gasteiger partial charge is 0.488 e. The first kappa shape index (κ1) is 20.1. The first-order valence-electron chi connectivity index (χ1n) is 9.22. The maximum Gasteiger partial charge on any atom is 0.259 e. The van der Waals surface area contributed by atoms with E-state index in [0.29, 0.717) is 29.2 Å². The van der Waals surface area contributed by atoms with Crippen molar-refractivity contribution in [3.8, 4) is 5.75 Å². The van der Waals surface area contributed by atoms with Gasteiger partial charge in [-0.2, -0.15) is 0 Å². The van der Waals surface area contributed by atoms with Gasteiger partial charge in [-0.15, -0.1) is 0 Å². The molecule has 0 aliphatic carbocycles. The quantitative estimate of drug-likeness (QED) is 0.642. The van der Waals surface area contributed by atoms with Gasteiger partial charge in [-0.1, -0.05) is 29.4 Å². The molecule has 1 heterocycles. The number of hydrogen-bond acceptors (Lipinski definition) is 5. The Balaban J connectivity index is 1.69. The molecule has 0 radical (unpaired) electrons. The standard InChI is InChI=1S/C22H23N3O4/c1-14-19(15(2)29-25-14)13-28-20-7-5-4-6-18(20)22(27)24-17-10-8-16(9-11-17)12-21(26)23-3/h4-11H,12-13H2,1-3H3,(H,23,26)(H,24,27). The highest BCUT2D eigenvalue weighted by Gasteiger charge is 2.15. The predicted octanol–water partition coefficient (Wildman–Crippen LogP) is 3.41. The highest BCUT2D eigenvalue weighted by atomic mass is 16.5. The summed E-state index contributed by atoms with van der Waals surface area (Å²) < 4.78 is 11.0. The number of carbonyl (C=O) groups excluding carboxylic acids is 2. The van der Waals surface area contributed by atoms with Crippen LogP contribution in [0, 0.1) is 13.8 Å². The topological polar surface area (TPSA) is 93.5 Å². The second-order valence-corrected chi connectivity index (χ2v) is 6.59. The van der Waals surface area contributed by atoms with Crippen LogP contribution in [0.4, 0.5) is 5.69 Å². The minimum absolute atomic E-state index is 0.0637. The number of para-hydroxylation sites is 1. The summed E-state index contributed by atoms with van der Waals surface area (Å²) in [6.45, 7) is 3.94. The van der Waals surface area contributed by atoms with Gasteiger partial charge in [0.25, 0.3) is 5.91 Å². The summed E-state index contributed by atoms with van der Waals surface area (Å²) in [7, 11) is 1.60. The molecule has 29 heavy (non-hydrogen) atoms. The fourth-order valence-electron chi connectivity index (χ4n) is 2.82. The van der Waals surface area contributed by atoms with Crippen LogP contribution in [0.3, 0.4) is 0 Å². The molecule has 7 nitrogen and oxygen atoms in total. The number of carbonyl (C=O) groups is 2. The van der Waals surface area contributed by atoms with E-state index >= 15 is 0 Å². The first-order valence-corrected chi connectivity index (χ1v) is 9.22. The molecule has 0 fully saturated rings. The maximum atomic E-state index is 12.8. The van der Waals surface area contributed by atoms with Gasteiger partial charge in [0.1, 0.15) is 18.1 Å². The Morgan fingerprint density at radius 2 is 1.79 bits per heavy atom. The van der Waals surface area contributed by atoms with Gasteiger partial charge < -0.3 is 19.9 Å². The van der Waals surface area contributed by atoms with Crippen LogP contribution in [0.25, 0.3) is 0 Å². The number of aryl methyl sites for hydroxylation is 2. The number of nitrogens with one attached hydrogen (secondary N) is 2. The number of amides is 2. The number of nitrogens with zero attached hydrogens (tertiary/aromatic N) is 1. The minimum atomic E-state index is -0.279. The third kappa shape index (κ3) is 5.01. The van der Waals surface area contributed by atoms with Crippen LogP contribution in [0.15, 0.2) is 53.1 Å². The van der Waals surface area contributed by atoms with E-state index in [9.17, 15) is 9.59 Å². The molecule has 0 aliphatic rings. The SMILES string of the molecule is CNC(=O)Cc1ccc(NC(=O)c2ccccc2OCc2c(C)noc2C)cc1. The molecule has 150 valence electrons. The summed E-state index contributed by atoms with van der Waals surface area (Å²) in [6.07, 6.45) is 0.295. The van der Waals surface area contributed by atoms with Crippen LogP contribution in [0.5, 0.6) is 5.75 Å². The predicted molar refractivity (Wildman–Crippen MR) is 109 cm³/mol. The molecule has 2 aromatic carbocycles. The Labute approximate surface area is 169 Å². The van der Waals surface area contributed by atoms with Crippen molar-refractivity contribution in [3.05, 3.63) is 76.7 Å². The van der Waals surface area contributed by atoms with E-state index in [0.717, 1.165) is 16.8 Å². The number of rotatable bonds is 7. The molecule has 0 unspecified atom stereocenters. The Hall–Kier alpha value is -3.61. The molecule has 7 heteroatoms. The van der Waals surface area contributed by atoms with E-state index in [-0.39, 0.29) is 18.4 Å². The van der Waals surface area contributed by atoms with Crippen LogP contribution in [0.1, 0.15) is 32.9 Å². The minimum Gasteiger partial charge on any atom is -0.488 e. The van der Waals surface area contributed by atoms with Crippen molar-refractivity contribution in [2.45, 2.75) is 26.9 Å². The second-order valence-electron chi connectivity index (χ2n) is 6.59. The number of aromatic nitrogens is 1. The zero-order valence-corrected chi connectivity index (χ0v) is 16.6. The van der Waals surface area contributed by atoms with Crippen LogP contribution in [-0.4, -0.2) is 24.0 Å². The van der Waals surface area contributed by atoms with Crippen molar-refractivity contribution in [3.63, 3.8) is 0 Å². The molecule has 0 aliphatic heterocycles. The molecular weight excluding hydrogens is 370 g/mol. The van der Waals surface area contributed by atoms with Gasteiger partial charge in [-0.3, -0.25) is 9.59 Å². The highest BCUT2D eigenvalue weighted by molar-refractivity contribution is 6.06. The van der Waals surface area contributed by atoms with Gasteiger partial charge >= 0.3 is 0 Å². The molecule has 2 amide bonds. The van der Waals surface area contributed by atoms with Crippen molar-refractivity contribution >= 4 is 17.5 Å². The second kappa shape index (κ2) is 9.05. The van der Waals surface area contributed by atoms with Crippen LogP contribution < -0.4 is 15.4 Å². The van der Waals surface area contributed by atoms with Crippen LogP contribution in [-0.2, 0) is 17.8 Å². The number of benzene rings is 2. The van der Waals surface area contributed by atoms with Crippen molar-refractivity contribution in [1.29, 1.82) is 0 Å². The third-order valence-electron chi connectivity index (χ3n) is 4.54. The van der Waals surface area contributed by atoms with Crippen molar-refractivity contribution in [2.24, 2.45) is 0 Å². The lowest BCUT2D eigenvalue weighted by molar-refractivity contribution is -0.119. The smallest absolute Gasteiger partial charge is 0.259 e.